The largest absolute Gasteiger partial charge is 0.288 e. The molecular formula is C12H10N4O3S. The SMILES string of the molecule is O=C(NO)c1ccc(C(=O)N/N=C/c2nccs2)cc1. The van der Waals surface area contributed by atoms with Crippen LogP contribution in [0.5, 0.6) is 0 Å². The smallest absolute Gasteiger partial charge is 0.274 e. The van der Waals surface area contributed by atoms with Crippen LogP contribution < -0.4 is 10.9 Å². The number of benzene rings is 1. The van der Waals surface area contributed by atoms with Crippen molar-refractivity contribution >= 4 is 29.4 Å². The third-order valence-electron chi connectivity index (χ3n) is 2.30. The van der Waals surface area contributed by atoms with E-state index in [2.05, 4.69) is 15.5 Å². The van der Waals surface area contributed by atoms with E-state index in [1.165, 1.54) is 47.3 Å². The number of rotatable bonds is 4. The minimum absolute atomic E-state index is 0.246. The van der Waals surface area contributed by atoms with Crippen molar-refractivity contribution in [3.05, 3.63) is 52.0 Å². The first-order valence-corrected chi connectivity index (χ1v) is 6.36. The van der Waals surface area contributed by atoms with E-state index in [1.54, 1.807) is 11.6 Å². The van der Waals surface area contributed by atoms with Gasteiger partial charge >= 0.3 is 0 Å². The lowest BCUT2D eigenvalue weighted by atomic mass is 10.1. The molecule has 0 atom stereocenters. The van der Waals surface area contributed by atoms with Crippen molar-refractivity contribution in [1.29, 1.82) is 0 Å². The van der Waals surface area contributed by atoms with Gasteiger partial charge in [-0.25, -0.2) is 15.9 Å². The average Bonchev–Trinajstić information content (AvgIpc) is 2.99. The number of carbonyl (C=O) groups excluding carboxylic acids is 2. The first-order valence-electron chi connectivity index (χ1n) is 5.48. The predicted molar refractivity (Wildman–Crippen MR) is 72.9 cm³/mol. The zero-order valence-corrected chi connectivity index (χ0v) is 10.9. The van der Waals surface area contributed by atoms with Gasteiger partial charge in [-0.1, -0.05) is 0 Å². The molecule has 1 heterocycles. The van der Waals surface area contributed by atoms with Crippen LogP contribution in [0.3, 0.4) is 0 Å². The second kappa shape index (κ2) is 6.55. The van der Waals surface area contributed by atoms with Crippen LogP contribution in [0.4, 0.5) is 0 Å². The van der Waals surface area contributed by atoms with Gasteiger partial charge in [-0.2, -0.15) is 5.10 Å². The van der Waals surface area contributed by atoms with Crippen LogP contribution in [0.1, 0.15) is 25.7 Å². The molecule has 1 aromatic heterocycles. The first kappa shape index (κ1) is 13.8. The first-order chi connectivity index (χ1) is 9.70. The van der Waals surface area contributed by atoms with Crippen LogP contribution in [-0.4, -0.2) is 28.2 Å². The standard InChI is InChI=1S/C12H10N4O3S/c17-11(15-14-7-10-13-5-6-20-10)8-1-3-9(4-2-8)12(18)16-19/h1-7,19H,(H,15,17)(H,16,18)/b14-7+. The van der Waals surface area contributed by atoms with Gasteiger partial charge in [0, 0.05) is 22.7 Å². The number of hydrogen-bond acceptors (Lipinski definition) is 6. The summed E-state index contributed by atoms with van der Waals surface area (Å²) >= 11 is 1.40. The van der Waals surface area contributed by atoms with E-state index in [9.17, 15) is 9.59 Å². The third kappa shape index (κ3) is 3.46. The van der Waals surface area contributed by atoms with E-state index in [0.29, 0.717) is 10.6 Å². The Morgan fingerprint density at radius 2 is 1.85 bits per heavy atom. The highest BCUT2D eigenvalue weighted by Crippen LogP contribution is 2.04. The molecule has 8 heteroatoms. The molecule has 2 amide bonds. The molecule has 3 N–H and O–H groups in total. The van der Waals surface area contributed by atoms with E-state index < -0.39 is 11.8 Å². The molecule has 102 valence electrons. The number of hydrazone groups is 1. The summed E-state index contributed by atoms with van der Waals surface area (Å²) in [6.45, 7) is 0. The molecular weight excluding hydrogens is 280 g/mol. The molecule has 0 aliphatic carbocycles. The van der Waals surface area contributed by atoms with Gasteiger partial charge in [0.15, 0.2) is 0 Å². The van der Waals surface area contributed by atoms with E-state index >= 15 is 0 Å². The summed E-state index contributed by atoms with van der Waals surface area (Å²) in [5.74, 6) is -1.05. The molecule has 0 radical (unpaired) electrons. The van der Waals surface area contributed by atoms with Crippen LogP contribution in [0, 0.1) is 0 Å². The highest BCUT2D eigenvalue weighted by Gasteiger charge is 2.07. The Labute approximate surface area is 117 Å². The normalized spacial score (nSPS) is 10.4. The van der Waals surface area contributed by atoms with Gasteiger partial charge in [0.05, 0.1) is 6.21 Å². The molecule has 0 spiro atoms. The minimum atomic E-state index is -0.640. The van der Waals surface area contributed by atoms with Crippen molar-refractivity contribution in [2.24, 2.45) is 5.10 Å². The van der Waals surface area contributed by atoms with Gasteiger partial charge in [0.25, 0.3) is 11.8 Å². The molecule has 1 aromatic carbocycles. The Bertz CT molecular complexity index is 623. The van der Waals surface area contributed by atoms with Gasteiger partial charge < -0.3 is 0 Å². The summed E-state index contributed by atoms with van der Waals surface area (Å²) in [6.07, 6.45) is 3.08. The zero-order valence-electron chi connectivity index (χ0n) is 10.1. The lowest BCUT2D eigenvalue weighted by Crippen LogP contribution is -2.20. The Kier molecular flexibility index (Phi) is 4.53. The van der Waals surface area contributed by atoms with Gasteiger partial charge in [-0.05, 0) is 24.3 Å². The highest BCUT2D eigenvalue weighted by molar-refractivity contribution is 7.11. The number of amides is 2. The van der Waals surface area contributed by atoms with Gasteiger partial charge in [-0.15, -0.1) is 11.3 Å². The second-order valence-electron chi connectivity index (χ2n) is 3.59. The van der Waals surface area contributed by atoms with E-state index in [0.717, 1.165) is 0 Å². The van der Waals surface area contributed by atoms with Crippen LogP contribution in [0.2, 0.25) is 0 Å². The number of carbonyl (C=O) groups is 2. The third-order valence-corrected chi connectivity index (χ3v) is 3.01. The molecule has 0 unspecified atom stereocenters. The fourth-order valence-corrected chi connectivity index (χ4v) is 1.84. The number of aromatic nitrogens is 1. The van der Waals surface area contributed by atoms with Crippen molar-refractivity contribution < 1.29 is 14.8 Å². The van der Waals surface area contributed by atoms with Crippen molar-refractivity contribution in [3.8, 4) is 0 Å². The lowest BCUT2D eigenvalue weighted by molar-refractivity contribution is 0.0706. The summed E-state index contributed by atoms with van der Waals surface area (Å²) in [7, 11) is 0. The molecule has 0 fully saturated rings. The van der Waals surface area contributed by atoms with Crippen molar-refractivity contribution in [3.63, 3.8) is 0 Å². The monoisotopic (exact) mass is 290 g/mol. The molecule has 2 rings (SSSR count). The van der Waals surface area contributed by atoms with Gasteiger partial charge in [0.2, 0.25) is 0 Å². The Balaban J connectivity index is 1.97. The molecule has 0 bridgehead atoms. The Morgan fingerprint density at radius 1 is 1.20 bits per heavy atom. The van der Waals surface area contributed by atoms with Crippen LogP contribution in [0.25, 0.3) is 0 Å². The highest BCUT2D eigenvalue weighted by atomic mass is 32.1. The number of hydrogen-bond donors (Lipinski definition) is 3. The summed E-state index contributed by atoms with van der Waals surface area (Å²) in [4.78, 5) is 26.8. The number of nitrogens with zero attached hydrogens (tertiary/aromatic N) is 2. The maximum absolute atomic E-state index is 11.7. The quantitative estimate of drug-likeness (QED) is 0.444. The van der Waals surface area contributed by atoms with E-state index in [1.807, 2.05) is 0 Å². The Hall–Kier alpha value is -2.58. The summed E-state index contributed by atoms with van der Waals surface area (Å²) < 4.78 is 0. The fraction of sp³-hybridized carbons (Fsp3) is 0. The Morgan fingerprint density at radius 3 is 2.40 bits per heavy atom. The zero-order chi connectivity index (χ0) is 14.4. The van der Waals surface area contributed by atoms with Gasteiger partial charge in [-0.3, -0.25) is 14.8 Å². The molecule has 0 aliphatic rings. The van der Waals surface area contributed by atoms with Crippen molar-refractivity contribution in [2.75, 3.05) is 0 Å². The molecule has 0 saturated carbocycles. The average molecular weight is 290 g/mol. The number of nitrogens with one attached hydrogen (secondary N) is 2. The van der Waals surface area contributed by atoms with E-state index in [-0.39, 0.29) is 5.56 Å². The summed E-state index contributed by atoms with van der Waals surface area (Å²) in [6, 6.07) is 5.76. The predicted octanol–water partition coefficient (Wildman–Crippen LogP) is 1.03. The van der Waals surface area contributed by atoms with Crippen LogP contribution >= 0.6 is 11.3 Å². The maximum Gasteiger partial charge on any atom is 0.274 e. The number of hydroxylamine groups is 1. The van der Waals surface area contributed by atoms with Crippen molar-refractivity contribution in [1.82, 2.24) is 15.9 Å². The molecule has 20 heavy (non-hydrogen) atoms. The summed E-state index contributed by atoms with van der Waals surface area (Å²) in [5.41, 5.74) is 4.45. The molecule has 0 saturated heterocycles. The summed E-state index contributed by atoms with van der Waals surface area (Å²) in [5, 5.41) is 14.7. The maximum atomic E-state index is 11.7. The molecule has 2 aromatic rings. The number of thiazole rings is 1. The topological polar surface area (TPSA) is 104 Å². The fourth-order valence-electron chi connectivity index (χ4n) is 1.35. The lowest BCUT2D eigenvalue weighted by Gasteiger charge is -2.01. The van der Waals surface area contributed by atoms with Crippen LogP contribution in [0.15, 0.2) is 40.9 Å². The molecule has 0 aliphatic heterocycles. The van der Waals surface area contributed by atoms with E-state index in [4.69, 9.17) is 5.21 Å². The van der Waals surface area contributed by atoms with Gasteiger partial charge in [0.1, 0.15) is 5.01 Å². The molecule has 7 nitrogen and oxygen atoms in total. The second-order valence-corrected chi connectivity index (χ2v) is 4.51. The van der Waals surface area contributed by atoms with Crippen LogP contribution in [-0.2, 0) is 0 Å². The van der Waals surface area contributed by atoms with Crippen molar-refractivity contribution in [2.45, 2.75) is 0 Å². The minimum Gasteiger partial charge on any atom is -0.288 e.